The first kappa shape index (κ1) is 26.7. The zero-order valence-corrected chi connectivity index (χ0v) is 21.5. The quantitative estimate of drug-likeness (QED) is 0.325. The first-order valence-electron chi connectivity index (χ1n) is 11.8. The highest BCUT2D eigenvalue weighted by molar-refractivity contribution is 6.23. The van der Waals surface area contributed by atoms with Crippen molar-refractivity contribution in [3.8, 4) is 11.4 Å². The van der Waals surface area contributed by atoms with Crippen LogP contribution in [0.5, 0.6) is 5.75 Å². The van der Waals surface area contributed by atoms with Gasteiger partial charge in [0.05, 0.1) is 23.4 Å². The summed E-state index contributed by atoms with van der Waals surface area (Å²) in [5.74, 6) is 0.679. The van der Waals surface area contributed by atoms with E-state index < -0.39 is 22.9 Å². The van der Waals surface area contributed by atoms with Gasteiger partial charge in [-0.15, -0.1) is 11.6 Å². The molecule has 4 N–H and O–H groups in total. The van der Waals surface area contributed by atoms with Crippen LogP contribution in [0.15, 0.2) is 77.1 Å². The van der Waals surface area contributed by atoms with Gasteiger partial charge in [0.25, 0.3) is 11.5 Å². The summed E-state index contributed by atoms with van der Waals surface area (Å²) in [6, 6.07) is 11.7. The molecule has 12 heteroatoms. The molecule has 0 saturated heterocycles. The van der Waals surface area contributed by atoms with Crippen LogP contribution in [0.4, 0.5) is 10.6 Å². The van der Waals surface area contributed by atoms with Crippen LogP contribution in [0.3, 0.4) is 0 Å². The van der Waals surface area contributed by atoms with Crippen LogP contribution in [-0.2, 0) is 7.05 Å². The number of amides is 3. The number of nitrogens with zero attached hydrogens (tertiary/aromatic N) is 3. The fraction of sp³-hybridized carbons (Fsp3) is 0.231. The molecule has 1 aliphatic rings. The predicted octanol–water partition coefficient (Wildman–Crippen LogP) is 2.58. The number of rotatable bonds is 8. The number of hydrogen-bond donors (Lipinski definition) is 4. The van der Waals surface area contributed by atoms with E-state index in [-0.39, 0.29) is 31.0 Å². The molecule has 38 heavy (non-hydrogen) atoms. The van der Waals surface area contributed by atoms with Crippen molar-refractivity contribution in [2.45, 2.75) is 18.7 Å². The molecule has 2 heterocycles. The summed E-state index contributed by atoms with van der Waals surface area (Å²) in [5, 5.41) is 16.0. The van der Waals surface area contributed by atoms with Crippen molar-refractivity contribution in [1.82, 2.24) is 25.0 Å². The lowest BCUT2D eigenvalue weighted by Gasteiger charge is -2.21. The van der Waals surface area contributed by atoms with E-state index in [1.165, 1.54) is 10.9 Å². The predicted molar refractivity (Wildman–Crippen MR) is 143 cm³/mol. The van der Waals surface area contributed by atoms with Crippen molar-refractivity contribution < 1.29 is 19.4 Å². The van der Waals surface area contributed by atoms with Gasteiger partial charge in [0, 0.05) is 38.0 Å². The minimum atomic E-state index is -0.608. The van der Waals surface area contributed by atoms with Gasteiger partial charge in [-0.25, -0.2) is 14.5 Å². The summed E-state index contributed by atoms with van der Waals surface area (Å²) < 4.78 is 8.97. The number of carbonyl (C=O) groups is 2. The number of urea groups is 1. The second-order valence-electron chi connectivity index (χ2n) is 8.40. The molecule has 0 saturated carbocycles. The molecule has 0 bridgehead atoms. The second kappa shape index (κ2) is 11.8. The molecule has 0 radical (unpaired) electrons. The van der Waals surface area contributed by atoms with Crippen LogP contribution in [-0.4, -0.2) is 49.9 Å². The number of aliphatic hydroxyl groups excluding tert-OH is 1. The van der Waals surface area contributed by atoms with E-state index in [1.54, 1.807) is 55.1 Å². The van der Waals surface area contributed by atoms with Crippen LogP contribution in [0.2, 0.25) is 0 Å². The van der Waals surface area contributed by atoms with Gasteiger partial charge >= 0.3 is 6.03 Å². The summed E-state index contributed by atoms with van der Waals surface area (Å²) in [6.45, 7) is 1.65. The molecule has 0 aliphatic heterocycles. The molecule has 4 rings (SSSR count). The van der Waals surface area contributed by atoms with Gasteiger partial charge < -0.3 is 20.5 Å². The standard InChI is InChI=1S/C26H27ClN6O5/c1-16-23(25(36)33(32(16)2)17-6-4-3-5-7-17)24(35)30-21-9-8-18(14-20(21)27)38-19-10-11-28-22(15-19)31-26(37)29-12-13-34/h3-11,15,20,34H,12-14H2,1-2H3,(H,30,35)(H2,28,29,31,37). The number of ether oxygens (including phenoxy) is 1. The Morgan fingerprint density at radius 1 is 1.18 bits per heavy atom. The number of hydrogen-bond acceptors (Lipinski definition) is 6. The van der Waals surface area contributed by atoms with Crippen LogP contribution < -0.4 is 26.2 Å². The average Bonchev–Trinajstić information content (AvgIpc) is 3.12. The third kappa shape index (κ3) is 5.96. The highest BCUT2D eigenvalue weighted by atomic mass is 35.5. The summed E-state index contributed by atoms with van der Waals surface area (Å²) >= 11 is 6.55. The first-order chi connectivity index (χ1) is 18.3. The Kier molecular flexibility index (Phi) is 8.29. The zero-order chi connectivity index (χ0) is 27.2. The third-order valence-electron chi connectivity index (χ3n) is 5.83. The maximum atomic E-state index is 13.1. The van der Waals surface area contributed by atoms with Crippen molar-refractivity contribution in [3.05, 3.63) is 93.9 Å². The van der Waals surface area contributed by atoms with E-state index in [4.69, 9.17) is 21.4 Å². The molecule has 0 spiro atoms. The van der Waals surface area contributed by atoms with Crippen LogP contribution in [0.25, 0.3) is 5.69 Å². The van der Waals surface area contributed by atoms with Crippen molar-refractivity contribution in [3.63, 3.8) is 0 Å². The van der Waals surface area contributed by atoms with Gasteiger partial charge in [0.2, 0.25) is 0 Å². The van der Waals surface area contributed by atoms with E-state index in [1.807, 2.05) is 18.2 Å². The maximum Gasteiger partial charge on any atom is 0.320 e. The minimum absolute atomic E-state index is 0.0342. The van der Waals surface area contributed by atoms with Crippen LogP contribution in [0.1, 0.15) is 22.5 Å². The van der Waals surface area contributed by atoms with E-state index in [0.29, 0.717) is 28.6 Å². The Morgan fingerprint density at radius 3 is 2.66 bits per heavy atom. The van der Waals surface area contributed by atoms with Gasteiger partial charge in [0.15, 0.2) is 0 Å². The lowest BCUT2D eigenvalue weighted by atomic mass is 10.1. The highest BCUT2D eigenvalue weighted by Gasteiger charge is 2.26. The van der Waals surface area contributed by atoms with Gasteiger partial charge in [0.1, 0.15) is 22.9 Å². The number of aromatic nitrogens is 3. The molecule has 2 aromatic heterocycles. The van der Waals surface area contributed by atoms with Crippen LogP contribution in [0, 0.1) is 6.92 Å². The summed E-state index contributed by atoms with van der Waals surface area (Å²) in [7, 11) is 1.72. The Morgan fingerprint density at radius 2 is 1.95 bits per heavy atom. The van der Waals surface area contributed by atoms with Crippen molar-refractivity contribution in [1.29, 1.82) is 0 Å². The first-order valence-corrected chi connectivity index (χ1v) is 12.2. The number of carbonyl (C=O) groups excluding carboxylic acids is 2. The second-order valence-corrected chi connectivity index (χ2v) is 8.93. The molecular weight excluding hydrogens is 512 g/mol. The third-order valence-corrected chi connectivity index (χ3v) is 6.21. The molecule has 1 atom stereocenters. The van der Waals surface area contributed by atoms with E-state index in [2.05, 4.69) is 20.9 Å². The minimum Gasteiger partial charge on any atom is -0.461 e. The van der Waals surface area contributed by atoms with E-state index >= 15 is 0 Å². The normalized spacial score (nSPS) is 14.8. The summed E-state index contributed by atoms with van der Waals surface area (Å²) in [4.78, 5) is 42.1. The maximum absolute atomic E-state index is 13.1. The number of benzene rings is 1. The fourth-order valence-electron chi connectivity index (χ4n) is 3.89. The Bertz CT molecular complexity index is 1460. The molecular formula is C26H27ClN6O5. The monoisotopic (exact) mass is 538 g/mol. The number of aliphatic hydroxyl groups is 1. The van der Waals surface area contributed by atoms with E-state index in [9.17, 15) is 14.4 Å². The van der Waals surface area contributed by atoms with Gasteiger partial charge in [-0.05, 0) is 37.3 Å². The smallest absolute Gasteiger partial charge is 0.320 e. The number of pyridine rings is 1. The SMILES string of the molecule is Cc1c(C(=O)NC2=CC=C(Oc3ccnc(NC(=O)NCCO)c3)CC2Cl)c(=O)n(-c2ccccc2)n1C. The topological polar surface area (TPSA) is 140 Å². The average molecular weight is 539 g/mol. The summed E-state index contributed by atoms with van der Waals surface area (Å²) in [6.07, 6.45) is 5.06. The number of para-hydroxylation sites is 1. The highest BCUT2D eigenvalue weighted by Crippen LogP contribution is 2.26. The van der Waals surface area contributed by atoms with Gasteiger partial charge in [-0.2, -0.15) is 0 Å². The molecule has 11 nitrogen and oxygen atoms in total. The van der Waals surface area contributed by atoms with E-state index in [0.717, 1.165) is 0 Å². The zero-order valence-electron chi connectivity index (χ0n) is 20.8. The fourth-order valence-corrected chi connectivity index (χ4v) is 4.16. The van der Waals surface area contributed by atoms with Gasteiger partial charge in [-0.1, -0.05) is 18.2 Å². The molecule has 3 aromatic rings. The number of anilines is 1. The molecule has 1 unspecified atom stereocenters. The largest absolute Gasteiger partial charge is 0.461 e. The van der Waals surface area contributed by atoms with Crippen molar-refractivity contribution in [2.75, 3.05) is 18.5 Å². The lowest BCUT2D eigenvalue weighted by Crippen LogP contribution is -2.33. The molecule has 1 aliphatic carbocycles. The Hall–Kier alpha value is -4.35. The number of allylic oxidation sites excluding steroid dienone is 4. The van der Waals surface area contributed by atoms with Crippen molar-refractivity contribution >= 4 is 29.4 Å². The van der Waals surface area contributed by atoms with Crippen molar-refractivity contribution in [2.24, 2.45) is 7.05 Å². The molecule has 0 fully saturated rings. The van der Waals surface area contributed by atoms with Gasteiger partial charge in [-0.3, -0.25) is 19.6 Å². The number of halogens is 1. The Labute approximate surface area is 223 Å². The lowest BCUT2D eigenvalue weighted by molar-refractivity contribution is 0.0962. The van der Waals surface area contributed by atoms with Crippen LogP contribution >= 0.6 is 11.6 Å². The number of nitrogens with one attached hydrogen (secondary N) is 3. The molecule has 198 valence electrons. The Balaban J connectivity index is 1.46. The summed E-state index contributed by atoms with van der Waals surface area (Å²) in [5.41, 5.74) is 1.22. The molecule has 1 aromatic carbocycles. The number of alkyl halides is 1. The molecule has 3 amide bonds.